The lowest BCUT2D eigenvalue weighted by molar-refractivity contribution is -0.158. The zero-order valence-corrected chi connectivity index (χ0v) is 24.3. The van der Waals surface area contributed by atoms with E-state index in [1.54, 1.807) is 18.2 Å². The highest BCUT2D eigenvalue weighted by molar-refractivity contribution is 7.52. The van der Waals surface area contributed by atoms with E-state index in [-0.39, 0.29) is 18.8 Å². The predicted molar refractivity (Wildman–Crippen MR) is 147 cm³/mol. The van der Waals surface area contributed by atoms with E-state index in [0.717, 1.165) is 36.6 Å². The first-order valence-electron chi connectivity index (χ1n) is 13.8. The Morgan fingerprint density at radius 1 is 1.05 bits per heavy atom. The van der Waals surface area contributed by atoms with E-state index in [0.29, 0.717) is 19.3 Å². The Hall–Kier alpha value is -3.32. The van der Waals surface area contributed by atoms with Gasteiger partial charge in [0, 0.05) is 18.7 Å². The average Bonchev–Trinajstić information content (AvgIpc) is 3.18. The zero-order chi connectivity index (χ0) is 30.3. The molecule has 230 valence electrons. The van der Waals surface area contributed by atoms with Crippen molar-refractivity contribution in [1.82, 2.24) is 14.6 Å². The summed E-state index contributed by atoms with van der Waals surface area (Å²) in [5, 5.41) is 2.55. The number of rotatable bonds is 3. The fourth-order valence-electron chi connectivity index (χ4n) is 4.71. The number of carbonyl (C=O) groups excluding carboxylic acids is 2. The number of ether oxygens (including phenoxy) is 3. The summed E-state index contributed by atoms with van der Waals surface area (Å²) in [7, 11) is -4.36. The van der Waals surface area contributed by atoms with Crippen molar-refractivity contribution in [3.05, 3.63) is 63.4 Å². The quantitative estimate of drug-likeness (QED) is 0.387. The number of hydrogen-bond acceptors (Lipinski definition) is 10. The summed E-state index contributed by atoms with van der Waals surface area (Å²) in [5.74, 6) is -1.20. The molecule has 2 saturated heterocycles. The molecule has 6 atom stereocenters. The number of fused-ring (bicyclic) bond motifs is 1. The summed E-state index contributed by atoms with van der Waals surface area (Å²) in [6, 6.07) is 7.93. The summed E-state index contributed by atoms with van der Waals surface area (Å²) in [6.45, 7) is 2.05. The molecule has 1 aromatic carbocycles. The van der Waals surface area contributed by atoms with Crippen molar-refractivity contribution in [3.8, 4) is 5.75 Å². The highest BCUT2D eigenvalue weighted by Gasteiger charge is 2.58. The number of para-hydroxylation sites is 1. The van der Waals surface area contributed by atoms with Crippen molar-refractivity contribution < 1.29 is 41.8 Å². The maximum atomic E-state index is 16.4. The highest BCUT2D eigenvalue weighted by atomic mass is 31.2. The Morgan fingerprint density at radius 3 is 2.50 bits per heavy atom. The minimum absolute atomic E-state index is 0.00704. The Morgan fingerprint density at radius 2 is 1.76 bits per heavy atom. The summed E-state index contributed by atoms with van der Waals surface area (Å²) in [5.41, 5.74) is -4.12. The summed E-state index contributed by atoms with van der Waals surface area (Å²) >= 11 is 0. The van der Waals surface area contributed by atoms with Crippen LogP contribution in [0.3, 0.4) is 0 Å². The van der Waals surface area contributed by atoms with E-state index in [2.05, 4.69) is 5.09 Å². The normalized spacial score (nSPS) is 32.1. The monoisotopic (exact) mass is 611 g/mol. The fraction of sp³-hybridized carbons (Fsp3) is 0.556. The van der Waals surface area contributed by atoms with Crippen LogP contribution in [0.2, 0.25) is 0 Å². The van der Waals surface area contributed by atoms with E-state index in [4.69, 9.17) is 23.3 Å². The topological polar surface area (TPSA) is 164 Å². The molecular weight excluding hydrogens is 576 g/mol. The second kappa shape index (κ2) is 13.8. The first-order valence-corrected chi connectivity index (χ1v) is 15.3. The zero-order valence-electron chi connectivity index (χ0n) is 23.4. The van der Waals surface area contributed by atoms with Gasteiger partial charge in [0.25, 0.3) is 5.56 Å². The van der Waals surface area contributed by atoms with Crippen molar-refractivity contribution in [2.45, 2.75) is 82.5 Å². The SMILES string of the molecule is C[C@@H]1NP(=O)(Oc2ccccc2)OC[C@H]2O[C@@H](n3ccc(=O)[nH]c3=O)[C@](C)(F)[C@@H]2OC(=O)CCCCCCCOC1=O. The number of hydrogen-bond donors (Lipinski definition) is 2. The number of benzene rings is 1. The third-order valence-corrected chi connectivity index (χ3v) is 8.54. The molecule has 0 aliphatic carbocycles. The van der Waals surface area contributed by atoms with Gasteiger partial charge < -0.3 is 18.7 Å². The molecule has 1 aromatic heterocycles. The van der Waals surface area contributed by atoms with Gasteiger partial charge in [0.15, 0.2) is 18.0 Å². The van der Waals surface area contributed by atoms with Gasteiger partial charge in [0.1, 0.15) is 17.9 Å². The second-order valence-corrected chi connectivity index (χ2v) is 12.0. The molecule has 0 radical (unpaired) electrons. The molecule has 0 amide bonds. The van der Waals surface area contributed by atoms with Gasteiger partial charge in [-0.05, 0) is 38.8 Å². The van der Waals surface area contributed by atoms with Crippen LogP contribution in [-0.4, -0.2) is 58.6 Å². The van der Waals surface area contributed by atoms with Gasteiger partial charge in [0.05, 0.1) is 13.2 Å². The summed E-state index contributed by atoms with van der Waals surface area (Å²) in [6.07, 6.45) is -0.220. The number of halogens is 1. The van der Waals surface area contributed by atoms with E-state index in [1.807, 2.05) is 4.98 Å². The van der Waals surface area contributed by atoms with E-state index in [9.17, 15) is 23.7 Å². The number of cyclic esters (lactones) is 1. The smallest absolute Gasteiger partial charge is 0.459 e. The molecule has 0 spiro atoms. The van der Waals surface area contributed by atoms with Crippen molar-refractivity contribution in [2.24, 2.45) is 0 Å². The maximum Gasteiger partial charge on any atom is 0.459 e. The van der Waals surface area contributed by atoms with Gasteiger partial charge in [-0.15, -0.1) is 0 Å². The van der Waals surface area contributed by atoms with Crippen molar-refractivity contribution in [1.29, 1.82) is 0 Å². The first kappa shape index (κ1) is 31.6. The Bertz CT molecular complexity index is 1400. The minimum atomic E-state index is -4.36. The second-order valence-electron chi connectivity index (χ2n) is 10.3. The lowest BCUT2D eigenvalue weighted by Crippen LogP contribution is -2.46. The predicted octanol–water partition coefficient (Wildman–Crippen LogP) is 3.15. The van der Waals surface area contributed by atoms with Crippen LogP contribution in [0.1, 0.15) is 58.6 Å². The molecule has 3 heterocycles. The number of aromatic nitrogens is 2. The van der Waals surface area contributed by atoms with Crippen LogP contribution in [-0.2, 0) is 32.9 Å². The highest BCUT2D eigenvalue weighted by Crippen LogP contribution is 2.48. The van der Waals surface area contributed by atoms with Crippen LogP contribution in [0.15, 0.2) is 52.2 Å². The molecule has 2 aliphatic heterocycles. The lowest BCUT2D eigenvalue weighted by Gasteiger charge is -2.28. The number of carbonyl (C=O) groups is 2. The lowest BCUT2D eigenvalue weighted by atomic mass is 9.98. The van der Waals surface area contributed by atoms with Crippen LogP contribution in [0.4, 0.5) is 4.39 Å². The van der Waals surface area contributed by atoms with Gasteiger partial charge in [-0.3, -0.25) is 28.5 Å². The maximum absolute atomic E-state index is 16.4. The Kier molecular flexibility index (Phi) is 10.4. The van der Waals surface area contributed by atoms with E-state index >= 15 is 4.39 Å². The molecule has 2 fully saturated rings. The molecular formula is C27H35FN3O10P. The molecule has 42 heavy (non-hydrogen) atoms. The molecule has 1 unspecified atom stereocenters. The van der Waals surface area contributed by atoms with E-state index < -0.39 is 67.7 Å². The third kappa shape index (κ3) is 7.94. The standard InChI is InChI=1S/C27H35FN3O10P/c1-18-24(34)37-16-10-5-3-4-9-13-22(33)40-23-20(17-38-42(36,30-18)41-19-11-7-6-8-12-19)39-25(27(23,2)28)31-15-14-21(32)29-26(31)35/h6-8,11-12,14-15,18,20,23,25H,3-5,9-10,13,16-17H2,1-2H3,(H,30,36)(H,29,32,35)/t18-,20+,23+,25+,27+,42?/m0/s1. The van der Waals surface area contributed by atoms with Crippen molar-refractivity contribution in [3.63, 3.8) is 0 Å². The first-order chi connectivity index (χ1) is 20.0. The average molecular weight is 612 g/mol. The van der Waals surface area contributed by atoms with E-state index in [1.165, 1.54) is 19.1 Å². The number of nitrogens with zero attached hydrogens (tertiary/aromatic N) is 1. The molecule has 15 heteroatoms. The molecule has 2 aromatic rings. The number of H-pyrrole nitrogens is 1. The third-order valence-electron chi connectivity index (χ3n) is 6.90. The van der Waals surface area contributed by atoms with Crippen LogP contribution >= 0.6 is 7.75 Å². The van der Waals surface area contributed by atoms with Gasteiger partial charge in [0.2, 0.25) is 0 Å². The van der Waals surface area contributed by atoms with Crippen LogP contribution < -0.4 is 20.9 Å². The molecule has 13 nitrogen and oxygen atoms in total. The van der Waals surface area contributed by atoms with Gasteiger partial charge >= 0.3 is 25.4 Å². The number of nitrogens with one attached hydrogen (secondary N) is 2. The summed E-state index contributed by atoms with van der Waals surface area (Å²) < 4.78 is 59.1. The Labute approximate surface area is 241 Å². The molecule has 0 saturated carbocycles. The molecule has 0 bridgehead atoms. The van der Waals surface area contributed by atoms with Gasteiger partial charge in [-0.25, -0.2) is 13.8 Å². The minimum Gasteiger partial charge on any atom is -0.465 e. The number of alkyl halides is 1. The van der Waals surface area contributed by atoms with Crippen molar-refractivity contribution in [2.75, 3.05) is 13.2 Å². The number of esters is 2. The molecule has 2 N–H and O–H groups in total. The van der Waals surface area contributed by atoms with Crippen LogP contribution in [0, 0.1) is 0 Å². The fourth-order valence-corrected chi connectivity index (χ4v) is 6.21. The molecule has 2 aliphatic rings. The molecule has 4 rings (SSSR count). The number of aromatic amines is 1. The van der Waals surface area contributed by atoms with Gasteiger partial charge in [-0.2, -0.15) is 5.09 Å². The van der Waals surface area contributed by atoms with Crippen molar-refractivity contribution >= 4 is 19.7 Å². The largest absolute Gasteiger partial charge is 0.465 e. The summed E-state index contributed by atoms with van der Waals surface area (Å²) in [4.78, 5) is 51.5. The Balaban J connectivity index is 1.65. The van der Waals surface area contributed by atoms with Gasteiger partial charge in [-0.1, -0.05) is 37.5 Å². The van der Waals surface area contributed by atoms with Crippen LogP contribution in [0.25, 0.3) is 0 Å². The van der Waals surface area contributed by atoms with Crippen LogP contribution in [0.5, 0.6) is 5.75 Å².